The Morgan fingerprint density at radius 1 is 1.20 bits per heavy atom. The molecule has 0 N–H and O–H groups in total. The number of carbonyl (C=O) groups excluding carboxylic acids is 3. The molecular weight excluding hydrogens is 260 g/mol. The summed E-state index contributed by atoms with van der Waals surface area (Å²) in [7, 11) is 1.10. The fourth-order valence-electron chi connectivity index (χ4n) is 2.09. The number of benzene rings is 1. The number of para-hydroxylation sites is 1. The number of esters is 1. The van der Waals surface area contributed by atoms with Gasteiger partial charge in [0.25, 0.3) is 0 Å². The molecule has 0 unspecified atom stereocenters. The van der Waals surface area contributed by atoms with Crippen LogP contribution in [0.15, 0.2) is 28.7 Å². The minimum absolute atomic E-state index is 0.144. The SMILES string of the molecule is CCc1c(C(=O)CC(=O)C(=O)OC)oc2ccccc12. The Kier molecular flexibility index (Phi) is 3.98. The first kappa shape index (κ1) is 14.0. The highest BCUT2D eigenvalue weighted by Crippen LogP contribution is 2.27. The Balaban J connectivity index is 2.35. The summed E-state index contributed by atoms with van der Waals surface area (Å²) in [6.45, 7) is 1.90. The first-order valence-electron chi connectivity index (χ1n) is 6.23. The van der Waals surface area contributed by atoms with Gasteiger partial charge < -0.3 is 9.15 Å². The van der Waals surface area contributed by atoms with Crippen molar-refractivity contribution in [3.8, 4) is 0 Å². The first-order valence-corrected chi connectivity index (χ1v) is 6.23. The quantitative estimate of drug-likeness (QED) is 0.362. The second-order valence-corrected chi connectivity index (χ2v) is 4.27. The smallest absolute Gasteiger partial charge is 0.374 e. The molecule has 5 nitrogen and oxygen atoms in total. The first-order chi connectivity index (χ1) is 9.58. The van der Waals surface area contributed by atoms with E-state index in [2.05, 4.69) is 4.74 Å². The van der Waals surface area contributed by atoms with Crippen molar-refractivity contribution in [2.45, 2.75) is 19.8 Å². The molecule has 0 saturated carbocycles. The Bertz CT molecular complexity index is 681. The molecule has 0 amide bonds. The number of fused-ring (bicyclic) bond motifs is 1. The van der Waals surface area contributed by atoms with E-state index in [4.69, 9.17) is 4.42 Å². The molecule has 104 valence electrons. The van der Waals surface area contributed by atoms with Crippen LogP contribution in [0.25, 0.3) is 11.0 Å². The molecule has 0 atom stereocenters. The van der Waals surface area contributed by atoms with Gasteiger partial charge in [-0.15, -0.1) is 0 Å². The van der Waals surface area contributed by atoms with Crippen LogP contribution in [-0.4, -0.2) is 24.6 Å². The Hall–Kier alpha value is -2.43. The summed E-state index contributed by atoms with van der Waals surface area (Å²) in [5.74, 6) is -2.26. The molecule has 5 heteroatoms. The number of rotatable bonds is 5. The lowest BCUT2D eigenvalue weighted by Gasteiger charge is -1.99. The van der Waals surface area contributed by atoms with Gasteiger partial charge in [0.05, 0.1) is 13.5 Å². The van der Waals surface area contributed by atoms with Gasteiger partial charge in [-0.1, -0.05) is 25.1 Å². The third-order valence-corrected chi connectivity index (χ3v) is 3.04. The molecule has 20 heavy (non-hydrogen) atoms. The number of Topliss-reactive ketones (excluding diaryl/α,β-unsaturated/α-hetero) is 2. The molecule has 0 aliphatic carbocycles. The largest absolute Gasteiger partial charge is 0.463 e. The minimum atomic E-state index is -1.02. The molecule has 0 radical (unpaired) electrons. The van der Waals surface area contributed by atoms with Crippen molar-refractivity contribution in [3.05, 3.63) is 35.6 Å². The van der Waals surface area contributed by atoms with E-state index in [1.165, 1.54) is 0 Å². The zero-order valence-electron chi connectivity index (χ0n) is 11.3. The third kappa shape index (κ3) is 2.47. The highest BCUT2D eigenvalue weighted by molar-refractivity contribution is 6.38. The van der Waals surface area contributed by atoms with E-state index >= 15 is 0 Å². The van der Waals surface area contributed by atoms with Gasteiger partial charge in [0.15, 0.2) is 5.76 Å². The molecule has 1 heterocycles. The summed E-state index contributed by atoms with van der Waals surface area (Å²) in [5, 5.41) is 0.851. The molecular formula is C15H14O5. The van der Waals surface area contributed by atoms with Crippen LogP contribution < -0.4 is 0 Å². The summed E-state index contributed by atoms with van der Waals surface area (Å²) < 4.78 is 9.81. The topological polar surface area (TPSA) is 73.6 Å². The molecule has 2 rings (SSSR count). The molecule has 0 aliphatic rings. The van der Waals surface area contributed by atoms with Gasteiger partial charge in [-0.05, 0) is 12.5 Å². The number of aryl methyl sites for hydroxylation is 1. The highest BCUT2D eigenvalue weighted by Gasteiger charge is 2.24. The summed E-state index contributed by atoms with van der Waals surface area (Å²) in [6.07, 6.45) is 0.0595. The van der Waals surface area contributed by atoms with Crippen LogP contribution in [0.3, 0.4) is 0 Å². The summed E-state index contributed by atoms with van der Waals surface area (Å²) in [5.41, 5.74) is 1.35. The maximum atomic E-state index is 12.1. The predicted molar refractivity (Wildman–Crippen MR) is 71.6 cm³/mol. The lowest BCUT2D eigenvalue weighted by atomic mass is 10.0. The summed E-state index contributed by atoms with van der Waals surface area (Å²) in [4.78, 5) is 34.6. The predicted octanol–water partition coefficient (Wildman–Crippen LogP) is 2.31. The van der Waals surface area contributed by atoms with Crippen LogP contribution in [0, 0.1) is 0 Å². The van der Waals surface area contributed by atoms with Crippen molar-refractivity contribution >= 4 is 28.5 Å². The second kappa shape index (κ2) is 5.69. The molecule has 1 aromatic heterocycles. The van der Waals surface area contributed by atoms with Crippen LogP contribution in [-0.2, 0) is 20.7 Å². The number of furan rings is 1. The lowest BCUT2D eigenvalue weighted by Crippen LogP contribution is -2.19. The van der Waals surface area contributed by atoms with Crippen molar-refractivity contribution in [3.63, 3.8) is 0 Å². The second-order valence-electron chi connectivity index (χ2n) is 4.27. The molecule has 0 fully saturated rings. The van der Waals surface area contributed by atoms with Crippen LogP contribution in [0.2, 0.25) is 0 Å². The van der Waals surface area contributed by atoms with Gasteiger partial charge in [0.2, 0.25) is 11.6 Å². The number of carbonyl (C=O) groups is 3. The maximum absolute atomic E-state index is 12.1. The van der Waals surface area contributed by atoms with E-state index in [0.29, 0.717) is 12.0 Å². The van der Waals surface area contributed by atoms with Crippen LogP contribution in [0.4, 0.5) is 0 Å². The van der Waals surface area contributed by atoms with E-state index in [1.54, 1.807) is 12.1 Å². The molecule has 0 saturated heterocycles. The number of ketones is 2. The normalized spacial score (nSPS) is 10.5. The van der Waals surface area contributed by atoms with Gasteiger partial charge in [-0.25, -0.2) is 4.79 Å². The average Bonchev–Trinajstić information content (AvgIpc) is 2.84. The van der Waals surface area contributed by atoms with Crippen molar-refractivity contribution in [1.29, 1.82) is 0 Å². The van der Waals surface area contributed by atoms with E-state index in [0.717, 1.165) is 18.1 Å². The standard InChI is InChI=1S/C15H14O5/c1-3-9-10-6-4-5-7-13(10)20-14(9)11(16)8-12(17)15(18)19-2/h4-7H,3,8H2,1-2H3. The molecule has 2 aromatic rings. The third-order valence-electron chi connectivity index (χ3n) is 3.04. The van der Waals surface area contributed by atoms with Crippen LogP contribution in [0.1, 0.15) is 29.5 Å². The van der Waals surface area contributed by atoms with Gasteiger partial charge in [-0.2, -0.15) is 0 Å². The van der Waals surface area contributed by atoms with E-state index in [1.807, 2.05) is 19.1 Å². The Morgan fingerprint density at radius 3 is 2.55 bits per heavy atom. The fraction of sp³-hybridized carbons (Fsp3) is 0.267. The Labute approximate surface area is 115 Å². The fourth-order valence-corrected chi connectivity index (χ4v) is 2.09. The van der Waals surface area contributed by atoms with Crippen LogP contribution in [0.5, 0.6) is 0 Å². The summed E-state index contributed by atoms with van der Waals surface area (Å²) in [6, 6.07) is 7.27. The van der Waals surface area contributed by atoms with E-state index < -0.39 is 24.0 Å². The number of ether oxygens (including phenoxy) is 1. The van der Waals surface area contributed by atoms with Crippen molar-refractivity contribution in [2.24, 2.45) is 0 Å². The van der Waals surface area contributed by atoms with Gasteiger partial charge >= 0.3 is 5.97 Å². The molecule has 0 spiro atoms. The molecule has 1 aromatic carbocycles. The van der Waals surface area contributed by atoms with Crippen molar-refractivity contribution in [2.75, 3.05) is 7.11 Å². The minimum Gasteiger partial charge on any atom is -0.463 e. The van der Waals surface area contributed by atoms with E-state index in [9.17, 15) is 14.4 Å². The van der Waals surface area contributed by atoms with Gasteiger partial charge in [0, 0.05) is 10.9 Å². The number of hydrogen-bond acceptors (Lipinski definition) is 5. The number of methoxy groups -OCH3 is 1. The van der Waals surface area contributed by atoms with E-state index in [-0.39, 0.29) is 5.76 Å². The Morgan fingerprint density at radius 2 is 1.90 bits per heavy atom. The van der Waals surface area contributed by atoms with Crippen molar-refractivity contribution < 1.29 is 23.5 Å². The zero-order valence-corrected chi connectivity index (χ0v) is 11.3. The van der Waals surface area contributed by atoms with Crippen LogP contribution >= 0.6 is 0 Å². The summed E-state index contributed by atoms with van der Waals surface area (Å²) >= 11 is 0. The molecule has 0 bridgehead atoms. The van der Waals surface area contributed by atoms with Gasteiger partial charge in [0.1, 0.15) is 5.58 Å². The molecule has 0 aliphatic heterocycles. The highest BCUT2D eigenvalue weighted by atomic mass is 16.5. The monoisotopic (exact) mass is 274 g/mol. The van der Waals surface area contributed by atoms with Gasteiger partial charge in [-0.3, -0.25) is 9.59 Å². The zero-order chi connectivity index (χ0) is 14.7. The average molecular weight is 274 g/mol. The number of hydrogen-bond donors (Lipinski definition) is 0. The lowest BCUT2D eigenvalue weighted by molar-refractivity contribution is -0.151. The maximum Gasteiger partial charge on any atom is 0.374 e. The van der Waals surface area contributed by atoms with Crippen molar-refractivity contribution in [1.82, 2.24) is 0 Å².